The zero-order chi connectivity index (χ0) is 17.9. The van der Waals surface area contributed by atoms with E-state index in [-0.39, 0.29) is 17.2 Å². The van der Waals surface area contributed by atoms with Crippen LogP contribution in [0.2, 0.25) is 5.02 Å². The summed E-state index contributed by atoms with van der Waals surface area (Å²) in [6.45, 7) is 6.13. The van der Waals surface area contributed by atoms with E-state index in [2.05, 4.69) is 0 Å². The molecule has 0 spiro atoms. The van der Waals surface area contributed by atoms with Crippen LogP contribution in [-0.2, 0) is 4.79 Å². The first-order valence-corrected chi connectivity index (χ1v) is 8.89. The normalized spacial score (nSPS) is 17.5. The number of benzene rings is 1. The third-order valence-corrected chi connectivity index (χ3v) is 4.94. The molecule has 1 aliphatic heterocycles. The van der Waals surface area contributed by atoms with Crippen molar-refractivity contribution in [1.82, 2.24) is 4.90 Å². The molecular formula is C17H20ClNO4S. The van der Waals surface area contributed by atoms with Gasteiger partial charge in [0.1, 0.15) is 0 Å². The van der Waals surface area contributed by atoms with Gasteiger partial charge in [-0.3, -0.25) is 14.5 Å². The Morgan fingerprint density at radius 2 is 2.00 bits per heavy atom. The predicted molar refractivity (Wildman–Crippen MR) is 96.7 cm³/mol. The Labute approximate surface area is 150 Å². The van der Waals surface area contributed by atoms with Crippen molar-refractivity contribution < 1.29 is 19.1 Å². The Kier molecular flexibility index (Phi) is 6.18. The van der Waals surface area contributed by atoms with E-state index in [0.29, 0.717) is 40.0 Å². The van der Waals surface area contributed by atoms with Gasteiger partial charge < -0.3 is 9.47 Å². The van der Waals surface area contributed by atoms with Crippen LogP contribution in [0.4, 0.5) is 4.79 Å². The summed E-state index contributed by atoms with van der Waals surface area (Å²) in [5, 5.41) is 0.168. The molecule has 0 bridgehead atoms. The van der Waals surface area contributed by atoms with Crippen molar-refractivity contribution in [3.8, 4) is 11.5 Å². The molecular weight excluding hydrogens is 350 g/mol. The van der Waals surface area contributed by atoms with E-state index in [1.165, 1.54) is 12.0 Å². The average Bonchev–Trinajstić information content (AvgIpc) is 2.83. The van der Waals surface area contributed by atoms with Gasteiger partial charge in [0.2, 0.25) is 0 Å². The molecule has 0 aromatic heterocycles. The molecule has 1 saturated heterocycles. The fourth-order valence-corrected chi connectivity index (χ4v) is 3.40. The summed E-state index contributed by atoms with van der Waals surface area (Å²) in [4.78, 5) is 26.2. The van der Waals surface area contributed by atoms with Crippen LogP contribution in [0.1, 0.15) is 32.8 Å². The van der Waals surface area contributed by atoms with Gasteiger partial charge in [-0.1, -0.05) is 18.5 Å². The molecule has 1 atom stereocenters. The van der Waals surface area contributed by atoms with Crippen LogP contribution < -0.4 is 9.47 Å². The Morgan fingerprint density at radius 3 is 2.58 bits per heavy atom. The van der Waals surface area contributed by atoms with E-state index in [9.17, 15) is 9.59 Å². The number of imide groups is 1. The number of methoxy groups -OCH3 is 1. The molecule has 0 N–H and O–H groups in total. The summed E-state index contributed by atoms with van der Waals surface area (Å²) < 4.78 is 10.8. The minimum absolute atomic E-state index is 0.131. The lowest BCUT2D eigenvalue weighted by Crippen LogP contribution is -2.36. The quantitative estimate of drug-likeness (QED) is 0.687. The lowest BCUT2D eigenvalue weighted by atomic mass is 10.1. The van der Waals surface area contributed by atoms with Gasteiger partial charge >= 0.3 is 0 Å². The number of hydrogen-bond acceptors (Lipinski definition) is 5. The Morgan fingerprint density at radius 1 is 1.29 bits per heavy atom. The summed E-state index contributed by atoms with van der Waals surface area (Å²) in [6, 6.07) is 3.22. The van der Waals surface area contributed by atoms with Crippen molar-refractivity contribution in [3.05, 3.63) is 27.6 Å². The molecule has 0 radical (unpaired) electrons. The van der Waals surface area contributed by atoms with Crippen LogP contribution in [0.25, 0.3) is 6.08 Å². The van der Waals surface area contributed by atoms with E-state index in [0.717, 1.165) is 11.8 Å². The van der Waals surface area contributed by atoms with E-state index in [4.69, 9.17) is 21.1 Å². The molecule has 1 aromatic carbocycles. The molecule has 7 heteroatoms. The van der Waals surface area contributed by atoms with Gasteiger partial charge in [-0.05, 0) is 49.7 Å². The predicted octanol–water partition coefficient (Wildman–Crippen LogP) is 4.58. The summed E-state index contributed by atoms with van der Waals surface area (Å²) in [5.74, 6) is 0.771. The van der Waals surface area contributed by atoms with Crippen molar-refractivity contribution >= 4 is 40.6 Å². The maximum Gasteiger partial charge on any atom is 0.293 e. The molecule has 0 aliphatic carbocycles. The van der Waals surface area contributed by atoms with Crippen LogP contribution >= 0.6 is 23.4 Å². The summed E-state index contributed by atoms with van der Waals surface area (Å²) in [6.07, 6.45) is 2.33. The maximum atomic E-state index is 12.5. The van der Waals surface area contributed by atoms with E-state index >= 15 is 0 Å². The van der Waals surface area contributed by atoms with Crippen LogP contribution in [0.15, 0.2) is 17.0 Å². The maximum absolute atomic E-state index is 12.5. The van der Waals surface area contributed by atoms with Crippen molar-refractivity contribution in [3.63, 3.8) is 0 Å². The molecule has 1 aliphatic rings. The zero-order valence-electron chi connectivity index (χ0n) is 14.1. The fourth-order valence-electron chi connectivity index (χ4n) is 2.27. The molecule has 0 saturated carbocycles. The molecule has 5 nitrogen and oxygen atoms in total. The molecule has 1 heterocycles. The first kappa shape index (κ1) is 18.7. The van der Waals surface area contributed by atoms with Gasteiger partial charge in [0, 0.05) is 12.1 Å². The summed E-state index contributed by atoms with van der Waals surface area (Å²) >= 11 is 7.20. The van der Waals surface area contributed by atoms with Gasteiger partial charge in [-0.25, -0.2) is 0 Å². The summed E-state index contributed by atoms with van der Waals surface area (Å²) in [5.41, 5.74) is 0.607. The van der Waals surface area contributed by atoms with Crippen molar-refractivity contribution in [2.45, 2.75) is 33.2 Å². The number of amides is 2. The zero-order valence-corrected chi connectivity index (χ0v) is 15.7. The molecule has 130 valence electrons. The number of ether oxygens (including phenoxy) is 2. The molecule has 2 rings (SSSR count). The lowest BCUT2D eigenvalue weighted by molar-refractivity contribution is -0.124. The smallest absolute Gasteiger partial charge is 0.293 e. The monoisotopic (exact) mass is 369 g/mol. The highest BCUT2D eigenvalue weighted by atomic mass is 35.5. The third-order valence-electron chi connectivity index (χ3n) is 3.72. The van der Waals surface area contributed by atoms with E-state index in [1.807, 2.05) is 20.8 Å². The molecule has 1 fully saturated rings. The number of carbonyl (C=O) groups is 2. The number of carbonyl (C=O) groups excluding carboxylic acids is 2. The van der Waals surface area contributed by atoms with Crippen molar-refractivity contribution in [2.75, 3.05) is 13.7 Å². The largest absolute Gasteiger partial charge is 0.493 e. The Bertz CT molecular complexity index is 689. The second kappa shape index (κ2) is 7.94. The topological polar surface area (TPSA) is 55.8 Å². The highest BCUT2D eigenvalue weighted by Crippen LogP contribution is 2.38. The lowest BCUT2D eigenvalue weighted by Gasteiger charge is -2.19. The first-order chi connectivity index (χ1) is 11.4. The van der Waals surface area contributed by atoms with Gasteiger partial charge in [0.05, 0.1) is 23.6 Å². The fraction of sp³-hybridized carbons (Fsp3) is 0.412. The number of rotatable bonds is 6. The number of nitrogens with zero attached hydrogens (tertiary/aromatic N) is 1. The van der Waals surface area contributed by atoms with Crippen LogP contribution in [0.5, 0.6) is 11.5 Å². The van der Waals surface area contributed by atoms with Gasteiger partial charge in [-0.15, -0.1) is 0 Å². The number of hydrogen-bond donors (Lipinski definition) is 0. The number of halogens is 1. The second-order valence-corrected chi connectivity index (χ2v) is 6.67. The highest BCUT2D eigenvalue weighted by Gasteiger charge is 2.37. The van der Waals surface area contributed by atoms with Gasteiger partial charge in [0.15, 0.2) is 11.5 Å². The first-order valence-electron chi connectivity index (χ1n) is 7.70. The average molecular weight is 370 g/mol. The Hall–Kier alpha value is -1.66. The van der Waals surface area contributed by atoms with E-state index in [1.54, 1.807) is 18.2 Å². The molecule has 0 unspecified atom stereocenters. The molecule has 1 aromatic rings. The van der Waals surface area contributed by atoms with Crippen molar-refractivity contribution in [2.24, 2.45) is 0 Å². The minimum atomic E-state index is -0.288. The SMILES string of the molecule is CCOc1cc(/C=C2/SC(=O)N([C@@H](C)CC)C2=O)c(Cl)cc1OC. The van der Waals surface area contributed by atoms with Crippen molar-refractivity contribution in [1.29, 1.82) is 0 Å². The van der Waals surface area contributed by atoms with E-state index < -0.39 is 0 Å². The van der Waals surface area contributed by atoms with Gasteiger partial charge in [0.25, 0.3) is 11.1 Å². The third kappa shape index (κ3) is 3.70. The summed E-state index contributed by atoms with van der Waals surface area (Å²) in [7, 11) is 1.53. The van der Waals surface area contributed by atoms with Crippen LogP contribution in [-0.4, -0.2) is 35.8 Å². The van der Waals surface area contributed by atoms with Gasteiger partial charge in [-0.2, -0.15) is 0 Å². The molecule has 24 heavy (non-hydrogen) atoms. The standard InChI is InChI=1S/C17H20ClNO4S/c1-5-10(3)19-16(20)15(24-17(19)21)8-11-7-14(23-6-2)13(22-4)9-12(11)18/h7-10H,5-6H2,1-4H3/b15-8+/t10-/m0/s1. The minimum Gasteiger partial charge on any atom is -0.493 e. The van der Waals surface area contributed by atoms with Crippen LogP contribution in [0, 0.1) is 0 Å². The second-order valence-electron chi connectivity index (χ2n) is 5.27. The van der Waals surface area contributed by atoms with Crippen LogP contribution in [0.3, 0.4) is 0 Å². The number of thioether (sulfide) groups is 1. The highest BCUT2D eigenvalue weighted by molar-refractivity contribution is 8.18. The molecule has 2 amide bonds. The Balaban J connectivity index is 2.39.